The first-order valence-corrected chi connectivity index (χ1v) is 6.80. The lowest BCUT2D eigenvalue weighted by Crippen LogP contribution is -2.32. The summed E-state index contributed by atoms with van der Waals surface area (Å²) in [6.07, 6.45) is 0.647. The summed E-state index contributed by atoms with van der Waals surface area (Å²) in [5.74, 6) is -1.41. The van der Waals surface area contributed by atoms with Crippen LogP contribution in [-0.4, -0.2) is 34.9 Å². The van der Waals surface area contributed by atoms with Gasteiger partial charge in [-0.15, -0.1) is 10.2 Å². The van der Waals surface area contributed by atoms with Crippen LogP contribution < -0.4 is 4.72 Å². The Morgan fingerprint density at radius 2 is 2.19 bits per heavy atom. The standard InChI is InChI=1S/C7H11N3O4S2/c1-3-5-8-9-7(15-5)10-16(13,14)4(2)6(11)12/h4H,3H2,1-2H3,(H,9,10)(H,11,12). The van der Waals surface area contributed by atoms with E-state index in [-0.39, 0.29) is 5.13 Å². The Morgan fingerprint density at radius 3 is 2.62 bits per heavy atom. The third kappa shape index (κ3) is 2.89. The Morgan fingerprint density at radius 1 is 1.56 bits per heavy atom. The van der Waals surface area contributed by atoms with Crippen molar-refractivity contribution >= 4 is 32.5 Å². The largest absolute Gasteiger partial charge is 0.480 e. The number of nitrogens with one attached hydrogen (secondary N) is 1. The maximum absolute atomic E-state index is 11.5. The van der Waals surface area contributed by atoms with E-state index in [1.807, 2.05) is 6.92 Å². The maximum Gasteiger partial charge on any atom is 0.323 e. The van der Waals surface area contributed by atoms with Crippen molar-refractivity contribution in [1.29, 1.82) is 0 Å². The number of carbonyl (C=O) groups is 1. The lowest BCUT2D eigenvalue weighted by molar-refractivity contribution is -0.136. The van der Waals surface area contributed by atoms with Crippen molar-refractivity contribution < 1.29 is 18.3 Å². The normalized spacial score (nSPS) is 13.4. The van der Waals surface area contributed by atoms with Crippen LogP contribution in [0.25, 0.3) is 0 Å². The lowest BCUT2D eigenvalue weighted by Gasteiger charge is -2.07. The first-order chi connectivity index (χ1) is 7.36. The van der Waals surface area contributed by atoms with E-state index in [2.05, 4.69) is 14.9 Å². The zero-order valence-electron chi connectivity index (χ0n) is 8.67. The fraction of sp³-hybridized carbons (Fsp3) is 0.571. The van der Waals surface area contributed by atoms with Gasteiger partial charge in [-0.05, 0) is 13.3 Å². The van der Waals surface area contributed by atoms with Gasteiger partial charge in [0.25, 0.3) is 0 Å². The molecule has 1 atom stereocenters. The molecule has 0 aliphatic rings. The van der Waals surface area contributed by atoms with Gasteiger partial charge in [0.15, 0.2) is 5.25 Å². The molecule has 0 fully saturated rings. The van der Waals surface area contributed by atoms with E-state index in [0.717, 1.165) is 18.3 Å². The Bertz CT molecular complexity index is 482. The first kappa shape index (κ1) is 12.8. The Hall–Kier alpha value is -1.22. The molecule has 0 aliphatic heterocycles. The van der Waals surface area contributed by atoms with Gasteiger partial charge >= 0.3 is 5.97 Å². The van der Waals surface area contributed by atoms with E-state index < -0.39 is 21.2 Å². The number of aryl methyl sites for hydroxylation is 1. The molecule has 0 amide bonds. The van der Waals surface area contributed by atoms with Crippen LogP contribution >= 0.6 is 11.3 Å². The molecule has 0 radical (unpaired) electrons. The van der Waals surface area contributed by atoms with Crippen molar-refractivity contribution in [3.63, 3.8) is 0 Å². The van der Waals surface area contributed by atoms with Crippen LogP contribution in [0.2, 0.25) is 0 Å². The average molecular weight is 265 g/mol. The van der Waals surface area contributed by atoms with Gasteiger partial charge in [0.05, 0.1) is 0 Å². The number of aliphatic carboxylic acids is 1. The maximum atomic E-state index is 11.5. The third-order valence-electron chi connectivity index (χ3n) is 1.81. The summed E-state index contributed by atoms with van der Waals surface area (Å²) in [6.45, 7) is 2.95. The van der Waals surface area contributed by atoms with Gasteiger partial charge < -0.3 is 5.11 Å². The molecule has 0 saturated carbocycles. The summed E-state index contributed by atoms with van der Waals surface area (Å²) in [5.41, 5.74) is 0. The van der Waals surface area contributed by atoms with Crippen LogP contribution in [0.5, 0.6) is 0 Å². The lowest BCUT2D eigenvalue weighted by atomic mass is 10.5. The monoisotopic (exact) mass is 265 g/mol. The average Bonchev–Trinajstić information content (AvgIpc) is 2.63. The summed E-state index contributed by atoms with van der Waals surface area (Å²) in [5, 5.41) is 15.2. The molecule has 7 nitrogen and oxygen atoms in total. The molecule has 1 rings (SSSR count). The van der Waals surface area contributed by atoms with Gasteiger partial charge in [0.1, 0.15) is 5.01 Å². The predicted octanol–water partition coefficient (Wildman–Crippen LogP) is 0.315. The van der Waals surface area contributed by atoms with Crippen LogP contribution in [0.4, 0.5) is 5.13 Å². The molecule has 0 spiro atoms. The summed E-state index contributed by atoms with van der Waals surface area (Å²) < 4.78 is 25.1. The van der Waals surface area contributed by atoms with Crippen LogP contribution in [0, 0.1) is 0 Å². The Labute approximate surface area is 96.6 Å². The quantitative estimate of drug-likeness (QED) is 0.793. The number of anilines is 1. The zero-order chi connectivity index (χ0) is 12.3. The van der Waals surface area contributed by atoms with Gasteiger partial charge in [-0.3, -0.25) is 9.52 Å². The van der Waals surface area contributed by atoms with Gasteiger partial charge in [-0.1, -0.05) is 18.3 Å². The van der Waals surface area contributed by atoms with E-state index >= 15 is 0 Å². The van der Waals surface area contributed by atoms with Gasteiger partial charge in [0.2, 0.25) is 15.2 Å². The van der Waals surface area contributed by atoms with E-state index in [0.29, 0.717) is 11.4 Å². The molecule has 0 saturated heterocycles. The van der Waals surface area contributed by atoms with Gasteiger partial charge in [-0.25, -0.2) is 8.42 Å². The van der Waals surface area contributed by atoms with Crippen molar-refractivity contribution in [2.24, 2.45) is 0 Å². The molecule has 0 aliphatic carbocycles. The summed E-state index contributed by atoms with van der Waals surface area (Å²) in [7, 11) is -3.95. The molecule has 1 aromatic rings. The molecule has 0 aromatic carbocycles. The predicted molar refractivity (Wildman–Crippen MR) is 58.9 cm³/mol. The second kappa shape index (κ2) is 4.74. The van der Waals surface area contributed by atoms with Crippen LogP contribution in [0.15, 0.2) is 0 Å². The highest BCUT2D eigenvalue weighted by atomic mass is 32.2. The molecule has 16 heavy (non-hydrogen) atoms. The fourth-order valence-corrected chi connectivity index (χ4v) is 2.55. The molecule has 0 bridgehead atoms. The van der Waals surface area contributed by atoms with E-state index in [1.165, 1.54) is 0 Å². The number of hydrogen-bond donors (Lipinski definition) is 2. The molecular formula is C7H11N3O4S2. The minimum Gasteiger partial charge on any atom is -0.480 e. The second-order valence-corrected chi connectivity index (χ2v) is 6.05. The molecule has 1 aromatic heterocycles. The number of rotatable bonds is 5. The van der Waals surface area contributed by atoms with E-state index in [9.17, 15) is 13.2 Å². The molecule has 1 heterocycles. The number of nitrogens with zero attached hydrogens (tertiary/aromatic N) is 2. The van der Waals surface area contributed by atoms with E-state index in [4.69, 9.17) is 5.11 Å². The number of hydrogen-bond acceptors (Lipinski definition) is 6. The number of sulfonamides is 1. The molecule has 1 unspecified atom stereocenters. The van der Waals surface area contributed by atoms with Gasteiger partial charge in [0, 0.05) is 0 Å². The van der Waals surface area contributed by atoms with Crippen molar-refractivity contribution in [3.05, 3.63) is 5.01 Å². The topological polar surface area (TPSA) is 109 Å². The third-order valence-corrected chi connectivity index (χ3v) is 4.53. The van der Waals surface area contributed by atoms with Crippen molar-refractivity contribution in [1.82, 2.24) is 10.2 Å². The first-order valence-electron chi connectivity index (χ1n) is 4.43. The van der Waals surface area contributed by atoms with Crippen LogP contribution in [0.1, 0.15) is 18.9 Å². The minimum atomic E-state index is -3.95. The molecule has 9 heteroatoms. The van der Waals surface area contributed by atoms with Crippen molar-refractivity contribution in [2.45, 2.75) is 25.5 Å². The Kier molecular flexibility index (Phi) is 3.81. The summed E-state index contributed by atoms with van der Waals surface area (Å²) >= 11 is 1.08. The Balaban J connectivity index is 2.84. The highest BCUT2D eigenvalue weighted by molar-refractivity contribution is 7.94. The zero-order valence-corrected chi connectivity index (χ0v) is 10.3. The smallest absolute Gasteiger partial charge is 0.323 e. The van der Waals surface area contributed by atoms with Crippen LogP contribution in [-0.2, 0) is 21.2 Å². The molecule has 2 N–H and O–H groups in total. The molecular weight excluding hydrogens is 254 g/mol. The molecule has 90 valence electrons. The fourth-order valence-electron chi connectivity index (χ4n) is 0.781. The van der Waals surface area contributed by atoms with Crippen LogP contribution in [0.3, 0.4) is 0 Å². The number of aromatic nitrogens is 2. The highest BCUT2D eigenvalue weighted by Crippen LogP contribution is 2.18. The second-order valence-electron chi connectivity index (χ2n) is 2.98. The van der Waals surface area contributed by atoms with Crippen molar-refractivity contribution in [2.75, 3.05) is 4.72 Å². The SMILES string of the molecule is CCc1nnc(NS(=O)(=O)C(C)C(=O)O)s1. The number of carboxylic acids is 1. The van der Waals surface area contributed by atoms with E-state index in [1.54, 1.807) is 0 Å². The summed E-state index contributed by atoms with van der Waals surface area (Å²) in [6, 6.07) is 0. The number of carboxylic acid groups (broad SMARTS) is 1. The van der Waals surface area contributed by atoms with Gasteiger partial charge in [-0.2, -0.15) is 0 Å². The summed E-state index contributed by atoms with van der Waals surface area (Å²) in [4.78, 5) is 10.5. The van der Waals surface area contributed by atoms with Crippen molar-refractivity contribution in [3.8, 4) is 0 Å². The highest BCUT2D eigenvalue weighted by Gasteiger charge is 2.28. The minimum absolute atomic E-state index is 0.0879.